The van der Waals surface area contributed by atoms with E-state index in [1.807, 2.05) is 27.7 Å². The summed E-state index contributed by atoms with van der Waals surface area (Å²) >= 11 is 11.8. The quantitative estimate of drug-likeness (QED) is 0.153. The van der Waals surface area contributed by atoms with Crippen LogP contribution in [0, 0.1) is 0 Å². The van der Waals surface area contributed by atoms with Gasteiger partial charge < -0.3 is 24.4 Å². The Kier molecular flexibility index (Phi) is 8.06. The Morgan fingerprint density at radius 2 is 1.13 bits per heavy atom. The molecule has 1 aliphatic heterocycles. The van der Waals surface area contributed by atoms with Gasteiger partial charge in [-0.2, -0.15) is 26.3 Å². The van der Waals surface area contributed by atoms with Crippen LogP contribution in [0.2, 0.25) is 10.0 Å². The zero-order valence-electron chi connectivity index (χ0n) is 20.3. The van der Waals surface area contributed by atoms with Gasteiger partial charge in [-0.05, 0) is 63.4 Å². The van der Waals surface area contributed by atoms with Crippen molar-refractivity contribution in [3.8, 4) is 5.75 Å². The number of hydrogen-bond acceptors (Lipinski definition) is 3. The van der Waals surface area contributed by atoms with Crippen molar-refractivity contribution in [3.63, 3.8) is 0 Å². The van der Waals surface area contributed by atoms with Crippen LogP contribution in [0.3, 0.4) is 0 Å². The van der Waals surface area contributed by atoms with E-state index in [-0.39, 0.29) is 29.1 Å². The third-order valence-corrected chi connectivity index (χ3v) is 7.17. The summed E-state index contributed by atoms with van der Waals surface area (Å²) in [6, 6.07) is 7.45. The molecule has 0 saturated carbocycles. The van der Waals surface area contributed by atoms with Crippen LogP contribution in [0.5, 0.6) is 5.75 Å². The first-order valence-electron chi connectivity index (χ1n) is 11.1. The molecule has 0 spiro atoms. The fourth-order valence-electron chi connectivity index (χ4n) is 3.77. The van der Waals surface area contributed by atoms with Gasteiger partial charge in [0.1, 0.15) is 17.1 Å². The van der Waals surface area contributed by atoms with Crippen molar-refractivity contribution in [1.29, 1.82) is 0 Å². The van der Waals surface area contributed by atoms with Gasteiger partial charge in [0.05, 0.1) is 16.2 Å². The van der Waals surface area contributed by atoms with Crippen molar-refractivity contribution in [2.24, 2.45) is 0 Å². The lowest BCUT2D eigenvalue weighted by Gasteiger charge is -2.32. The summed E-state index contributed by atoms with van der Waals surface area (Å²) in [5.41, 5.74) is -1.69. The Bertz CT molecular complexity index is 1460. The topological polar surface area (TPSA) is 70.3 Å². The normalized spacial score (nSPS) is 16.8. The lowest BCUT2D eigenvalue weighted by atomic mass is 9.78. The lowest BCUT2D eigenvalue weighted by molar-refractivity contribution is -0.141. The predicted octanol–water partition coefficient (Wildman–Crippen LogP) is 8.32. The van der Waals surface area contributed by atoms with E-state index in [1.54, 1.807) is 6.07 Å². The van der Waals surface area contributed by atoms with Crippen molar-refractivity contribution < 1.29 is 40.8 Å². The molecule has 2 aromatic heterocycles. The highest BCUT2D eigenvalue weighted by Crippen LogP contribution is 2.38. The van der Waals surface area contributed by atoms with Gasteiger partial charge in [-0.3, -0.25) is 0 Å². The van der Waals surface area contributed by atoms with Crippen LogP contribution in [0.1, 0.15) is 46.5 Å². The molecular formula is C25H25BCl2F6N2O3. The third kappa shape index (κ3) is 6.13. The summed E-state index contributed by atoms with van der Waals surface area (Å²) in [6.07, 6.45) is -8.86. The Hall–Kier alpha value is -2.54. The maximum Gasteiger partial charge on any atom is 0.496 e. The van der Waals surface area contributed by atoms with E-state index in [1.165, 1.54) is 18.2 Å². The number of rotatable bonds is 1. The first kappa shape index (κ1) is 31.0. The lowest BCUT2D eigenvalue weighted by Crippen LogP contribution is -2.41. The molecule has 0 atom stereocenters. The predicted molar refractivity (Wildman–Crippen MR) is 141 cm³/mol. The number of fused-ring (bicyclic) bond motifs is 2. The highest BCUT2D eigenvalue weighted by molar-refractivity contribution is 6.66. The van der Waals surface area contributed by atoms with E-state index in [9.17, 15) is 31.4 Å². The zero-order valence-corrected chi connectivity index (χ0v) is 21.8. The van der Waals surface area contributed by atoms with Crippen LogP contribution in [0.4, 0.5) is 26.3 Å². The summed E-state index contributed by atoms with van der Waals surface area (Å²) in [4.78, 5) is 4.52. The number of hydrogen-bond donors (Lipinski definition) is 3. The summed E-state index contributed by atoms with van der Waals surface area (Å²) in [6.45, 7) is 7.60. The Morgan fingerprint density at radius 1 is 0.718 bits per heavy atom. The first-order chi connectivity index (χ1) is 17.3. The molecule has 2 aromatic carbocycles. The van der Waals surface area contributed by atoms with Gasteiger partial charge in [-0.25, -0.2) is 0 Å². The fourth-order valence-corrected chi connectivity index (χ4v) is 4.19. The van der Waals surface area contributed by atoms with Crippen molar-refractivity contribution in [2.75, 3.05) is 0 Å². The minimum Gasteiger partial charge on any atom is -0.506 e. The molecule has 0 radical (unpaired) electrons. The van der Waals surface area contributed by atoms with E-state index < -0.39 is 42.1 Å². The second-order valence-corrected chi connectivity index (χ2v) is 10.6. The number of benzene rings is 2. The number of phenols is 1. The molecule has 4 aromatic rings. The molecule has 5 nitrogen and oxygen atoms in total. The number of phenolic OH excluding ortho intramolecular Hbond substituents is 1. The maximum absolute atomic E-state index is 12.8. The largest absolute Gasteiger partial charge is 0.506 e. The SMILES string of the molecule is C.CC1(C)OB(c2cc3cc(C(F)(F)F)[nH]c3cc2Cl)OC1(C)C.Oc1cc2cc(C(F)(F)F)[nH]c2cc1Cl. The van der Waals surface area contributed by atoms with Gasteiger partial charge in [0.15, 0.2) is 0 Å². The average molecular weight is 597 g/mol. The van der Waals surface area contributed by atoms with Crippen molar-refractivity contribution in [2.45, 2.75) is 58.7 Å². The van der Waals surface area contributed by atoms with Gasteiger partial charge in [0.25, 0.3) is 0 Å². The monoisotopic (exact) mass is 596 g/mol. The van der Waals surface area contributed by atoms with E-state index >= 15 is 0 Å². The number of alkyl halides is 6. The van der Waals surface area contributed by atoms with E-state index in [2.05, 4.69) is 9.97 Å². The number of halogens is 8. The number of nitrogens with one attached hydrogen (secondary N) is 2. The van der Waals surface area contributed by atoms with Crippen molar-refractivity contribution in [3.05, 3.63) is 57.8 Å². The molecule has 1 saturated heterocycles. The summed E-state index contributed by atoms with van der Waals surface area (Å²) in [5, 5.41) is 10.2. The van der Waals surface area contributed by atoms with Crippen LogP contribution >= 0.6 is 23.2 Å². The van der Waals surface area contributed by atoms with Gasteiger partial charge in [0, 0.05) is 26.9 Å². The summed E-state index contributed by atoms with van der Waals surface area (Å²) < 4.78 is 87.2. The first-order valence-corrected chi connectivity index (χ1v) is 11.9. The average Bonchev–Trinajstić information content (AvgIpc) is 3.41. The molecule has 1 aliphatic rings. The number of H-pyrrole nitrogens is 2. The smallest absolute Gasteiger partial charge is 0.496 e. The summed E-state index contributed by atoms with van der Waals surface area (Å²) in [5.74, 6) is -0.239. The van der Waals surface area contributed by atoms with E-state index in [0.717, 1.165) is 12.1 Å². The number of aromatic hydroxyl groups is 1. The Labute approximate surface area is 230 Å². The zero-order chi connectivity index (χ0) is 28.4. The van der Waals surface area contributed by atoms with Crippen LogP contribution in [0.15, 0.2) is 36.4 Å². The molecule has 3 N–H and O–H groups in total. The Morgan fingerprint density at radius 3 is 1.56 bits per heavy atom. The van der Waals surface area contributed by atoms with Crippen LogP contribution in [-0.4, -0.2) is 33.4 Å². The molecule has 1 fully saturated rings. The van der Waals surface area contributed by atoms with Crippen LogP contribution in [-0.2, 0) is 21.7 Å². The minimum absolute atomic E-state index is 0. The molecule has 14 heteroatoms. The van der Waals surface area contributed by atoms with Crippen LogP contribution < -0.4 is 5.46 Å². The van der Waals surface area contributed by atoms with Gasteiger partial charge >= 0.3 is 19.5 Å². The highest BCUT2D eigenvalue weighted by atomic mass is 35.5. The van der Waals surface area contributed by atoms with Gasteiger partial charge in [0.2, 0.25) is 0 Å². The highest BCUT2D eigenvalue weighted by Gasteiger charge is 2.52. The van der Waals surface area contributed by atoms with Gasteiger partial charge in [-0.1, -0.05) is 36.7 Å². The molecular weight excluding hydrogens is 572 g/mol. The second-order valence-electron chi connectivity index (χ2n) is 9.80. The number of aromatic amines is 2. The fraction of sp³-hybridized carbons (Fsp3) is 0.360. The standard InChI is InChI=1S/C15H16BClF3NO2.C9H5ClF3NO.CH4/c1-13(2)14(3,4)23-16(22-13)9-5-8-6-12(15(18,19)20)21-11(8)7-10(9)17;10-5-3-6-4(1-7(5)15)2-8(14-6)9(11,12)13;/h5-7,21H,1-4H3;1-3,14-15H;1H4. The molecule has 39 heavy (non-hydrogen) atoms. The molecule has 0 bridgehead atoms. The molecule has 0 amide bonds. The molecule has 0 aliphatic carbocycles. The second kappa shape index (κ2) is 10.1. The molecule has 212 valence electrons. The van der Waals surface area contributed by atoms with Crippen molar-refractivity contribution >= 4 is 57.6 Å². The van der Waals surface area contributed by atoms with E-state index in [0.29, 0.717) is 21.4 Å². The summed E-state index contributed by atoms with van der Waals surface area (Å²) in [7, 11) is -0.721. The Balaban J connectivity index is 0.000000228. The van der Waals surface area contributed by atoms with E-state index in [4.69, 9.17) is 32.5 Å². The van der Waals surface area contributed by atoms with Gasteiger partial charge in [-0.15, -0.1) is 0 Å². The number of aromatic nitrogens is 2. The maximum atomic E-state index is 12.8. The van der Waals surface area contributed by atoms with Crippen molar-refractivity contribution in [1.82, 2.24) is 9.97 Å². The molecule has 5 rings (SSSR count). The van der Waals surface area contributed by atoms with Crippen LogP contribution in [0.25, 0.3) is 21.8 Å². The minimum atomic E-state index is -4.43. The third-order valence-electron chi connectivity index (χ3n) is 6.54. The molecule has 3 heterocycles. The molecule has 0 unspecified atom stereocenters.